The molecule has 0 bridgehead atoms. The highest BCUT2D eigenvalue weighted by atomic mass is 16.2. The van der Waals surface area contributed by atoms with Crippen LogP contribution in [0.5, 0.6) is 0 Å². The number of aromatic nitrogens is 1. The highest BCUT2D eigenvalue weighted by Crippen LogP contribution is 2.25. The number of carbonyl (C=O) groups is 2. The summed E-state index contributed by atoms with van der Waals surface area (Å²) in [6, 6.07) is 13.0. The highest BCUT2D eigenvalue weighted by molar-refractivity contribution is 6.02. The second kappa shape index (κ2) is 8.47. The van der Waals surface area contributed by atoms with E-state index in [2.05, 4.69) is 20.5 Å². The summed E-state index contributed by atoms with van der Waals surface area (Å²) >= 11 is 0. The lowest BCUT2D eigenvalue weighted by atomic mass is 9.95. The van der Waals surface area contributed by atoms with Crippen molar-refractivity contribution in [2.24, 2.45) is 5.92 Å². The zero-order valence-corrected chi connectivity index (χ0v) is 14.9. The fraction of sp³-hybridized carbons (Fsp3) is 0.350. The van der Waals surface area contributed by atoms with E-state index in [0.717, 1.165) is 37.3 Å². The van der Waals surface area contributed by atoms with Gasteiger partial charge in [-0.3, -0.25) is 14.6 Å². The molecule has 1 aromatic heterocycles. The van der Waals surface area contributed by atoms with Crippen molar-refractivity contribution in [3.05, 3.63) is 54.4 Å². The third-order valence-corrected chi connectivity index (χ3v) is 4.60. The van der Waals surface area contributed by atoms with Gasteiger partial charge in [0.2, 0.25) is 5.91 Å². The van der Waals surface area contributed by atoms with Gasteiger partial charge < -0.3 is 15.5 Å². The van der Waals surface area contributed by atoms with E-state index in [1.807, 2.05) is 31.2 Å². The van der Waals surface area contributed by atoms with Crippen molar-refractivity contribution < 1.29 is 9.59 Å². The van der Waals surface area contributed by atoms with E-state index in [9.17, 15) is 9.59 Å². The summed E-state index contributed by atoms with van der Waals surface area (Å²) in [5, 5.41) is 5.76. The summed E-state index contributed by atoms with van der Waals surface area (Å²) in [5.74, 6) is 0.0592. The van der Waals surface area contributed by atoms with Gasteiger partial charge in [0.1, 0.15) is 5.69 Å². The number of piperidine rings is 1. The second-order valence-electron chi connectivity index (χ2n) is 6.37. The van der Waals surface area contributed by atoms with Crippen LogP contribution < -0.4 is 15.5 Å². The Hall–Kier alpha value is -2.89. The molecule has 1 aliphatic heterocycles. The molecule has 6 nitrogen and oxygen atoms in total. The fourth-order valence-corrected chi connectivity index (χ4v) is 3.17. The minimum Gasteiger partial charge on any atom is -0.371 e. The zero-order chi connectivity index (χ0) is 18.4. The molecule has 3 rings (SSSR count). The Kier molecular flexibility index (Phi) is 5.84. The summed E-state index contributed by atoms with van der Waals surface area (Å²) in [5.41, 5.74) is 2.24. The molecule has 0 atom stereocenters. The first kappa shape index (κ1) is 17.9. The summed E-state index contributed by atoms with van der Waals surface area (Å²) in [7, 11) is 0. The standard InChI is InChI=1S/C20H24N4O2/c1-2-21-19(25)15-10-13-24(14-11-15)17-8-6-16(7-9-17)23-20(26)18-5-3-4-12-22-18/h3-9,12,15H,2,10-11,13-14H2,1H3,(H,21,25)(H,23,26). The number of nitrogens with one attached hydrogen (secondary N) is 2. The maximum absolute atomic E-state index is 12.1. The van der Waals surface area contributed by atoms with Crippen LogP contribution in [-0.2, 0) is 4.79 Å². The molecule has 1 aromatic carbocycles. The molecular formula is C20H24N4O2. The topological polar surface area (TPSA) is 74.3 Å². The van der Waals surface area contributed by atoms with E-state index in [4.69, 9.17) is 0 Å². The normalized spacial score (nSPS) is 14.7. The number of benzene rings is 1. The predicted molar refractivity (Wildman–Crippen MR) is 102 cm³/mol. The molecule has 0 aliphatic carbocycles. The van der Waals surface area contributed by atoms with Crippen LogP contribution in [-0.4, -0.2) is 36.4 Å². The Morgan fingerprint density at radius 2 is 1.85 bits per heavy atom. The summed E-state index contributed by atoms with van der Waals surface area (Å²) in [6.45, 7) is 4.36. The minimum absolute atomic E-state index is 0.114. The molecule has 2 amide bonds. The third kappa shape index (κ3) is 4.39. The Morgan fingerprint density at radius 1 is 1.12 bits per heavy atom. The molecule has 0 radical (unpaired) electrons. The van der Waals surface area contributed by atoms with E-state index >= 15 is 0 Å². The van der Waals surface area contributed by atoms with Crippen LogP contribution in [0.2, 0.25) is 0 Å². The Labute approximate surface area is 153 Å². The largest absolute Gasteiger partial charge is 0.371 e. The molecular weight excluding hydrogens is 328 g/mol. The van der Waals surface area contributed by atoms with Gasteiger partial charge in [0.25, 0.3) is 5.91 Å². The van der Waals surface area contributed by atoms with Crippen molar-refractivity contribution in [1.29, 1.82) is 0 Å². The van der Waals surface area contributed by atoms with Crippen LogP contribution in [0.1, 0.15) is 30.3 Å². The summed E-state index contributed by atoms with van der Waals surface area (Å²) in [6.07, 6.45) is 3.33. The highest BCUT2D eigenvalue weighted by Gasteiger charge is 2.24. The first-order chi connectivity index (χ1) is 12.7. The Bertz CT molecular complexity index is 738. The molecule has 0 spiro atoms. The monoisotopic (exact) mass is 352 g/mol. The number of hydrogen-bond donors (Lipinski definition) is 2. The Balaban J connectivity index is 1.55. The van der Waals surface area contributed by atoms with E-state index in [1.165, 1.54) is 0 Å². The molecule has 1 fully saturated rings. The van der Waals surface area contributed by atoms with Crippen LogP contribution in [0, 0.1) is 5.92 Å². The lowest BCUT2D eigenvalue weighted by Gasteiger charge is -2.33. The van der Waals surface area contributed by atoms with Gasteiger partial charge in [-0.25, -0.2) is 0 Å². The molecule has 2 heterocycles. The van der Waals surface area contributed by atoms with Crippen LogP contribution >= 0.6 is 0 Å². The quantitative estimate of drug-likeness (QED) is 0.868. The van der Waals surface area contributed by atoms with Crippen LogP contribution in [0.25, 0.3) is 0 Å². The van der Waals surface area contributed by atoms with Gasteiger partial charge >= 0.3 is 0 Å². The molecule has 136 valence electrons. The van der Waals surface area contributed by atoms with Crippen molar-refractivity contribution in [3.63, 3.8) is 0 Å². The van der Waals surface area contributed by atoms with Gasteiger partial charge in [0.05, 0.1) is 0 Å². The second-order valence-corrected chi connectivity index (χ2v) is 6.37. The van der Waals surface area contributed by atoms with E-state index in [1.54, 1.807) is 24.4 Å². The van der Waals surface area contributed by atoms with Crippen LogP contribution in [0.3, 0.4) is 0 Å². The molecule has 0 unspecified atom stereocenters. The number of hydrogen-bond acceptors (Lipinski definition) is 4. The van der Waals surface area contributed by atoms with Crippen LogP contribution in [0.15, 0.2) is 48.7 Å². The molecule has 1 aliphatic rings. The van der Waals surface area contributed by atoms with Crippen molar-refractivity contribution in [1.82, 2.24) is 10.3 Å². The SMILES string of the molecule is CCNC(=O)C1CCN(c2ccc(NC(=O)c3ccccn3)cc2)CC1. The van der Waals surface area contributed by atoms with Crippen LogP contribution in [0.4, 0.5) is 11.4 Å². The van der Waals surface area contributed by atoms with Crippen molar-refractivity contribution >= 4 is 23.2 Å². The van der Waals surface area contributed by atoms with Gasteiger partial charge in [-0.2, -0.15) is 0 Å². The number of amides is 2. The number of carbonyl (C=O) groups excluding carboxylic acids is 2. The summed E-state index contributed by atoms with van der Waals surface area (Å²) < 4.78 is 0. The average molecular weight is 352 g/mol. The average Bonchev–Trinajstić information content (AvgIpc) is 2.69. The fourth-order valence-electron chi connectivity index (χ4n) is 3.17. The van der Waals surface area contributed by atoms with Crippen molar-refractivity contribution in [3.8, 4) is 0 Å². The molecule has 26 heavy (non-hydrogen) atoms. The number of rotatable bonds is 5. The number of pyridine rings is 1. The number of nitrogens with zero attached hydrogens (tertiary/aromatic N) is 2. The van der Waals surface area contributed by atoms with E-state index in [0.29, 0.717) is 12.2 Å². The lowest BCUT2D eigenvalue weighted by Crippen LogP contribution is -2.40. The maximum atomic E-state index is 12.1. The maximum Gasteiger partial charge on any atom is 0.274 e. The first-order valence-electron chi connectivity index (χ1n) is 9.02. The zero-order valence-electron chi connectivity index (χ0n) is 14.9. The molecule has 1 saturated heterocycles. The third-order valence-electron chi connectivity index (χ3n) is 4.60. The predicted octanol–water partition coefficient (Wildman–Crippen LogP) is 2.69. The van der Waals surface area contributed by atoms with Gasteiger partial charge in [0, 0.05) is 43.1 Å². The molecule has 0 saturated carbocycles. The Morgan fingerprint density at radius 3 is 2.46 bits per heavy atom. The van der Waals surface area contributed by atoms with Gasteiger partial charge in [0.15, 0.2) is 0 Å². The van der Waals surface area contributed by atoms with Crippen molar-refractivity contribution in [2.75, 3.05) is 29.9 Å². The molecule has 6 heteroatoms. The number of anilines is 2. The summed E-state index contributed by atoms with van der Waals surface area (Å²) in [4.78, 5) is 30.4. The minimum atomic E-state index is -0.221. The smallest absolute Gasteiger partial charge is 0.274 e. The van der Waals surface area contributed by atoms with Crippen molar-refractivity contribution in [2.45, 2.75) is 19.8 Å². The van der Waals surface area contributed by atoms with Gasteiger partial charge in [-0.05, 0) is 56.2 Å². The van der Waals surface area contributed by atoms with Gasteiger partial charge in [-0.15, -0.1) is 0 Å². The first-order valence-corrected chi connectivity index (χ1v) is 9.02. The van der Waals surface area contributed by atoms with E-state index in [-0.39, 0.29) is 17.7 Å². The van der Waals surface area contributed by atoms with Gasteiger partial charge in [-0.1, -0.05) is 6.07 Å². The van der Waals surface area contributed by atoms with E-state index < -0.39 is 0 Å². The lowest BCUT2D eigenvalue weighted by molar-refractivity contribution is -0.125. The molecule has 2 aromatic rings. The molecule has 2 N–H and O–H groups in total.